The van der Waals surface area contributed by atoms with Gasteiger partial charge in [0.25, 0.3) is 5.91 Å². The quantitative estimate of drug-likeness (QED) is 0.354. The first-order chi connectivity index (χ1) is 13.4. The van der Waals surface area contributed by atoms with Gasteiger partial charge >= 0.3 is 5.63 Å². The number of nitrogens with one attached hydrogen (secondary N) is 3. The number of hydrazine groups is 1. The van der Waals surface area contributed by atoms with Crippen LogP contribution in [0.15, 0.2) is 63.8 Å². The highest BCUT2D eigenvalue weighted by molar-refractivity contribution is 7.80. The summed E-state index contributed by atoms with van der Waals surface area (Å²) in [6, 6.07) is 15.8. The van der Waals surface area contributed by atoms with Gasteiger partial charge in [0.2, 0.25) is 0 Å². The predicted molar refractivity (Wildman–Crippen MR) is 111 cm³/mol. The van der Waals surface area contributed by atoms with Crippen molar-refractivity contribution in [3.63, 3.8) is 0 Å². The summed E-state index contributed by atoms with van der Waals surface area (Å²) in [5.74, 6) is 0.215. The molecule has 2 aromatic carbocycles. The number of aryl methyl sites for hydroxylation is 1. The molecule has 1 atom stereocenters. The lowest BCUT2D eigenvalue weighted by molar-refractivity contribution is -0.127. The molecule has 0 aliphatic carbocycles. The Labute approximate surface area is 166 Å². The zero-order chi connectivity index (χ0) is 20.1. The summed E-state index contributed by atoms with van der Waals surface area (Å²) >= 11 is 5.17. The molecule has 0 radical (unpaired) electrons. The van der Waals surface area contributed by atoms with Gasteiger partial charge in [-0.05, 0) is 55.9 Å². The first-order valence-electron chi connectivity index (χ1n) is 8.55. The highest BCUT2D eigenvalue weighted by atomic mass is 32.1. The third-order valence-electron chi connectivity index (χ3n) is 3.93. The second-order valence-electron chi connectivity index (χ2n) is 6.10. The third-order valence-corrected chi connectivity index (χ3v) is 4.14. The van der Waals surface area contributed by atoms with E-state index in [9.17, 15) is 9.59 Å². The Morgan fingerprint density at radius 3 is 2.61 bits per heavy atom. The molecule has 3 rings (SSSR count). The zero-order valence-electron chi connectivity index (χ0n) is 15.3. The van der Waals surface area contributed by atoms with Gasteiger partial charge in [0.05, 0.1) is 0 Å². The molecule has 1 heterocycles. The highest BCUT2D eigenvalue weighted by Crippen LogP contribution is 2.20. The van der Waals surface area contributed by atoms with E-state index in [0.29, 0.717) is 17.0 Å². The van der Waals surface area contributed by atoms with Crippen LogP contribution in [0.1, 0.15) is 12.5 Å². The summed E-state index contributed by atoms with van der Waals surface area (Å²) in [6.07, 6.45) is -0.712. The normalized spacial score (nSPS) is 11.5. The zero-order valence-corrected chi connectivity index (χ0v) is 16.1. The van der Waals surface area contributed by atoms with Crippen LogP contribution in [-0.2, 0) is 4.79 Å². The number of hydrogen-bond donors (Lipinski definition) is 3. The van der Waals surface area contributed by atoms with Crippen LogP contribution < -0.4 is 26.5 Å². The Balaban J connectivity index is 1.56. The van der Waals surface area contributed by atoms with Gasteiger partial charge in [0.15, 0.2) is 11.2 Å². The molecule has 1 unspecified atom stereocenters. The van der Waals surface area contributed by atoms with Crippen molar-refractivity contribution in [3.8, 4) is 5.75 Å². The smallest absolute Gasteiger partial charge is 0.336 e. The van der Waals surface area contributed by atoms with Crippen molar-refractivity contribution in [1.29, 1.82) is 0 Å². The van der Waals surface area contributed by atoms with E-state index >= 15 is 0 Å². The first-order valence-corrected chi connectivity index (χ1v) is 8.96. The summed E-state index contributed by atoms with van der Waals surface area (Å²) in [5, 5.41) is 3.93. The van der Waals surface area contributed by atoms with E-state index in [1.165, 1.54) is 6.07 Å². The average Bonchev–Trinajstić information content (AvgIpc) is 2.66. The van der Waals surface area contributed by atoms with Gasteiger partial charge in [0.1, 0.15) is 11.3 Å². The molecule has 0 fully saturated rings. The largest absolute Gasteiger partial charge is 0.481 e. The molecule has 0 bridgehead atoms. The topological polar surface area (TPSA) is 92.6 Å². The van der Waals surface area contributed by atoms with Crippen LogP contribution in [0, 0.1) is 6.92 Å². The Kier molecular flexibility index (Phi) is 5.90. The molecule has 7 nitrogen and oxygen atoms in total. The Morgan fingerprint density at radius 2 is 1.86 bits per heavy atom. The average molecular weight is 397 g/mol. The standard InChI is InChI=1S/C20H19N3O4S/c1-12-10-18(24)27-17-11-14(8-9-16(12)17)21-20(28)23-22-19(25)13(2)26-15-6-4-3-5-7-15/h3-11,13H,1-2H3,(H,22,25)(H2,21,23,28). The van der Waals surface area contributed by atoms with Gasteiger partial charge in [0, 0.05) is 23.2 Å². The van der Waals surface area contributed by atoms with Crippen LogP contribution in [0.4, 0.5) is 5.69 Å². The van der Waals surface area contributed by atoms with Gasteiger partial charge in [-0.1, -0.05) is 18.2 Å². The Bertz CT molecular complexity index is 1070. The monoisotopic (exact) mass is 397 g/mol. The van der Waals surface area contributed by atoms with Crippen molar-refractivity contribution >= 4 is 39.9 Å². The van der Waals surface area contributed by atoms with E-state index in [1.807, 2.05) is 31.2 Å². The van der Waals surface area contributed by atoms with E-state index in [2.05, 4.69) is 16.2 Å². The van der Waals surface area contributed by atoms with E-state index in [0.717, 1.165) is 10.9 Å². The SMILES string of the molecule is Cc1cc(=O)oc2cc(NC(=S)NNC(=O)C(C)Oc3ccccc3)ccc12. The fourth-order valence-electron chi connectivity index (χ4n) is 2.54. The number of carbonyl (C=O) groups excluding carboxylic acids is 1. The number of fused-ring (bicyclic) bond motifs is 1. The molecule has 0 aliphatic heterocycles. The number of hydrogen-bond acceptors (Lipinski definition) is 5. The minimum atomic E-state index is -0.712. The second-order valence-corrected chi connectivity index (χ2v) is 6.51. The van der Waals surface area contributed by atoms with E-state index in [-0.39, 0.29) is 11.0 Å². The van der Waals surface area contributed by atoms with Crippen molar-refractivity contribution in [2.45, 2.75) is 20.0 Å². The molecule has 0 saturated carbocycles. The summed E-state index contributed by atoms with van der Waals surface area (Å²) in [6.45, 7) is 3.47. The van der Waals surface area contributed by atoms with Gasteiger partial charge in [-0.2, -0.15) is 0 Å². The first kappa shape index (κ1) is 19.4. The van der Waals surface area contributed by atoms with Crippen LogP contribution >= 0.6 is 12.2 Å². The molecule has 3 aromatic rings. The highest BCUT2D eigenvalue weighted by Gasteiger charge is 2.14. The molecule has 144 valence electrons. The molecule has 0 saturated heterocycles. The molecule has 1 aromatic heterocycles. The van der Waals surface area contributed by atoms with Crippen LogP contribution in [-0.4, -0.2) is 17.1 Å². The predicted octanol–water partition coefficient (Wildman–Crippen LogP) is 2.89. The fourth-order valence-corrected chi connectivity index (χ4v) is 2.71. The van der Waals surface area contributed by atoms with E-state index in [1.54, 1.807) is 31.2 Å². The summed E-state index contributed by atoms with van der Waals surface area (Å²) in [4.78, 5) is 23.6. The second kappa shape index (κ2) is 8.53. The van der Waals surface area contributed by atoms with Crippen molar-refractivity contribution in [2.24, 2.45) is 0 Å². The Morgan fingerprint density at radius 1 is 1.11 bits per heavy atom. The maximum absolute atomic E-state index is 12.1. The lowest BCUT2D eigenvalue weighted by atomic mass is 10.1. The number of rotatable bonds is 4. The molecule has 8 heteroatoms. The number of ether oxygens (including phenoxy) is 1. The minimum Gasteiger partial charge on any atom is -0.481 e. The fraction of sp³-hybridized carbons (Fsp3) is 0.150. The number of benzene rings is 2. The van der Waals surface area contributed by atoms with Gasteiger partial charge in [-0.3, -0.25) is 15.6 Å². The molecular weight excluding hydrogens is 378 g/mol. The van der Waals surface area contributed by atoms with Gasteiger partial charge in [-0.15, -0.1) is 0 Å². The van der Waals surface area contributed by atoms with E-state index < -0.39 is 11.7 Å². The van der Waals surface area contributed by atoms with Gasteiger partial charge in [-0.25, -0.2) is 4.79 Å². The van der Waals surface area contributed by atoms with Crippen LogP contribution in [0.2, 0.25) is 0 Å². The molecule has 28 heavy (non-hydrogen) atoms. The molecule has 3 N–H and O–H groups in total. The number of anilines is 1. The summed E-state index contributed by atoms with van der Waals surface area (Å²) < 4.78 is 10.7. The van der Waals surface area contributed by atoms with E-state index in [4.69, 9.17) is 21.4 Å². The minimum absolute atomic E-state index is 0.176. The van der Waals surface area contributed by atoms with Crippen molar-refractivity contribution in [2.75, 3.05) is 5.32 Å². The van der Waals surface area contributed by atoms with Gasteiger partial charge < -0.3 is 14.5 Å². The van der Waals surface area contributed by atoms with Crippen molar-refractivity contribution in [1.82, 2.24) is 10.9 Å². The number of amides is 1. The summed E-state index contributed by atoms with van der Waals surface area (Å²) in [7, 11) is 0. The Hall–Kier alpha value is -3.39. The molecular formula is C20H19N3O4S. The summed E-state index contributed by atoms with van der Waals surface area (Å²) in [5.41, 5.74) is 6.58. The van der Waals surface area contributed by atoms with Crippen molar-refractivity contribution < 1.29 is 13.9 Å². The maximum atomic E-state index is 12.1. The number of carbonyl (C=O) groups is 1. The number of para-hydroxylation sites is 1. The maximum Gasteiger partial charge on any atom is 0.336 e. The van der Waals surface area contributed by atoms with Crippen LogP contribution in [0.3, 0.4) is 0 Å². The third kappa shape index (κ3) is 4.86. The lowest BCUT2D eigenvalue weighted by Crippen LogP contribution is -2.48. The molecule has 0 aliphatic rings. The van der Waals surface area contributed by atoms with Crippen molar-refractivity contribution in [3.05, 3.63) is 70.6 Å². The number of thiocarbonyl (C=S) groups is 1. The van der Waals surface area contributed by atoms with Crippen LogP contribution in [0.25, 0.3) is 11.0 Å². The molecule has 0 spiro atoms. The van der Waals surface area contributed by atoms with Crippen LogP contribution in [0.5, 0.6) is 5.75 Å². The lowest BCUT2D eigenvalue weighted by Gasteiger charge is -2.16. The molecule has 1 amide bonds.